The Balaban J connectivity index is 1.55. The largest absolute Gasteiger partial charge is 0.550 e. The maximum Gasteiger partial charge on any atom is 0.327 e. The number of benzene rings is 1. The number of fused-ring (bicyclic) bond motifs is 1. The van der Waals surface area contributed by atoms with Crippen LogP contribution in [0, 0.1) is 0 Å². The summed E-state index contributed by atoms with van der Waals surface area (Å²) in [5.74, 6) is -3.38. The number of carbonyl (C=O) groups excluding carboxylic acids is 3. The van der Waals surface area contributed by atoms with Crippen molar-refractivity contribution in [1.29, 1.82) is 0 Å². The van der Waals surface area contributed by atoms with Crippen molar-refractivity contribution in [3.63, 3.8) is 0 Å². The van der Waals surface area contributed by atoms with Gasteiger partial charge >= 0.3 is 5.69 Å². The summed E-state index contributed by atoms with van der Waals surface area (Å²) in [4.78, 5) is 61.7. The number of carboxylic acids is 2. The molecule has 2 atom stereocenters. The summed E-state index contributed by atoms with van der Waals surface area (Å²) >= 11 is 0. The summed E-state index contributed by atoms with van der Waals surface area (Å²) < 4.78 is 0. The van der Waals surface area contributed by atoms with Crippen molar-refractivity contribution in [2.24, 2.45) is 0 Å². The van der Waals surface area contributed by atoms with Crippen molar-refractivity contribution in [3.05, 3.63) is 50.7 Å². The number of hydrogen-bond acceptors (Lipinski definition) is 10. The monoisotopic (exact) mass is 444 g/mol. The van der Waals surface area contributed by atoms with E-state index in [0.717, 1.165) is 0 Å². The molecule has 3 rings (SSSR count). The van der Waals surface area contributed by atoms with Crippen LogP contribution < -0.4 is 42.7 Å². The minimum Gasteiger partial charge on any atom is -0.550 e. The molecule has 2 aromatic rings. The predicted molar refractivity (Wildman–Crippen MR) is 109 cm³/mol. The molecule has 0 radical (unpaired) electrons. The zero-order valence-electron chi connectivity index (χ0n) is 16.7. The van der Waals surface area contributed by atoms with Crippen LogP contribution in [0.2, 0.25) is 0 Å². The molecule has 0 spiro atoms. The Morgan fingerprint density at radius 1 is 1.09 bits per heavy atom. The standard InChI is InChI=1S/C19H22N6O7/c26-13(27)6-5-12(18(30)31)23-16(28)9-1-3-10(4-2-9)20-7-11-8-21-15-14(22-11)17(29)25-19(32)24-15/h1-4,11-12,20,22H,5-8H2,(H,23,28)(H,26,27)(H,30,31)(H3,21,24,25,29,32)/p-2/t11-,12-/m0/s1. The lowest BCUT2D eigenvalue weighted by Crippen LogP contribution is -2.48. The van der Waals surface area contributed by atoms with Gasteiger partial charge in [0.15, 0.2) is 0 Å². The highest BCUT2D eigenvalue weighted by molar-refractivity contribution is 5.96. The molecule has 1 aromatic carbocycles. The fourth-order valence-electron chi connectivity index (χ4n) is 3.09. The van der Waals surface area contributed by atoms with Crippen LogP contribution in [0.5, 0.6) is 0 Å². The predicted octanol–water partition coefficient (Wildman–Crippen LogP) is -3.24. The van der Waals surface area contributed by atoms with Gasteiger partial charge in [0, 0.05) is 30.3 Å². The average Bonchev–Trinajstić information content (AvgIpc) is 2.75. The van der Waals surface area contributed by atoms with E-state index in [1.165, 1.54) is 12.1 Å². The van der Waals surface area contributed by atoms with Gasteiger partial charge in [0.25, 0.3) is 11.5 Å². The number of rotatable bonds is 9. The Morgan fingerprint density at radius 3 is 2.47 bits per heavy atom. The first kappa shape index (κ1) is 22.4. The minimum absolute atomic E-state index is 0.176. The number of amides is 1. The molecule has 0 aliphatic carbocycles. The van der Waals surface area contributed by atoms with Crippen molar-refractivity contribution in [2.45, 2.75) is 24.9 Å². The SMILES string of the molecule is O=C([O-])CC[C@H](NC(=O)c1ccc(NC[C@H]2CNc3[nH]c(=O)[nH]c(=O)c3N2)cc1)C(=O)[O-]. The number of carbonyl (C=O) groups is 3. The second kappa shape index (κ2) is 9.68. The van der Waals surface area contributed by atoms with E-state index in [1.54, 1.807) is 12.1 Å². The Morgan fingerprint density at radius 2 is 1.81 bits per heavy atom. The van der Waals surface area contributed by atoms with Crippen molar-refractivity contribution in [2.75, 3.05) is 29.0 Å². The van der Waals surface area contributed by atoms with Crippen LogP contribution in [0.15, 0.2) is 33.9 Å². The van der Waals surface area contributed by atoms with Crippen LogP contribution in [0.1, 0.15) is 23.2 Å². The van der Waals surface area contributed by atoms with Gasteiger partial charge in [-0.2, -0.15) is 0 Å². The van der Waals surface area contributed by atoms with Crippen molar-refractivity contribution < 1.29 is 24.6 Å². The van der Waals surface area contributed by atoms with Gasteiger partial charge in [-0.25, -0.2) is 4.79 Å². The van der Waals surface area contributed by atoms with E-state index in [9.17, 15) is 34.2 Å². The fourth-order valence-corrected chi connectivity index (χ4v) is 3.09. The molecule has 0 fully saturated rings. The zero-order chi connectivity index (χ0) is 23.3. The Bertz CT molecular complexity index is 1120. The normalized spacial score (nSPS) is 15.4. The summed E-state index contributed by atoms with van der Waals surface area (Å²) in [7, 11) is 0. The lowest BCUT2D eigenvalue weighted by Gasteiger charge is -2.27. The van der Waals surface area contributed by atoms with E-state index in [1.807, 2.05) is 0 Å². The Labute approximate surface area is 180 Å². The van der Waals surface area contributed by atoms with Gasteiger partial charge in [0.05, 0.1) is 18.1 Å². The molecule has 0 bridgehead atoms. The molecule has 0 saturated carbocycles. The van der Waals surface area contributed by atoms with Crippen LogP contribution in [-0.4, -0.2) is 53.0 Å². The summed E-state index contributed by atoms with van der Waals surface area (Å²) in [5.41, 5.74) is -0.0646. The first-order chi connectivity index (χ1) is 15.2. The van der Waals surface area contributed by atoms with Crippen LogP contribution >= 0.6 is 0 Å². The van der Waals surface area contributed by atoms with E-state index in [0.29, 0.717) is 24.6 Å². The maximum atomic E-state index is 12.2. The van der Waals surface area contributed by atoms with Crippen LogP contribution in [0.4, 0.5) is 17.2 Å². The van der Waals surface area contributed by atoms with E-state index in [4.69, 9.17) is 0 Å². The van der Waals surface area contributed by atoms with Crippen LogP contribution in [-0.2, 0) is 9.59 Å². The van der Waals surface area contributed by atoms with Gasteiger partial charge in [-0.3, -0.25) is 19.6 Å². The molecular formula is C19H20N6O7-2. The first-order valence-corrected chi connectivity index (χ1v) is 9.65. The third-order valence-corrected chi connectivity index (χ3v) is 4.74. The molecule has 13 nitrogen and oxygen atoms in total. The quantitative estimate of drug-likeness (QED) is 0.227. The van der Waals surface area contributed by atoms with Crippen LogP contribution in [0.3, 0.4) is 0 Å². The van der Waals surface area contributed by atoms with Gasteiger partial charge < -0.3 is 41.1 Å². The van der Waals surface area contributed by atoms with Crippen molar-refractivity contribution in [1.82, 2.24) is 15.3 Å². The number of nitrogens with one attached hydrogen (secondary N) is 6. The van der Waals surface area contributed by atoms with Gasteiger partial charge in [-0.05, 0) is 37.1 Å². The molecule has 13 heteroatoms. The van der Waals surface area contributed by atoms with Gasteiger partial charge in [0.1, 0.15) is 11.5 Å². The van der Waals surface area contributed by atoms with E-state index in [2.05, 4.69) is 31.2 Å². The number of carboxylic acid groups (broad SMARTS) is 2. The van der Waals surface area contributed by atoms with Gasteiger partial charge in [0.2, 0.25) is 0 Å². The van der Waals surface area contributed by atoms with Gasteiger partial charge in [-0.1, -0.05) is 0 Å². The third kappa shape index (κ3) is 5.65. The van der Waals surface area contributed by atoms with Crippen LogP contribution in [0.25, 0.3) is 0 Å². The second-order valence-electron chi connectivity index (χ2n) is 7.09. The lowest BCUT2D eigenvalue weighted by molar-refractivity contribution is -0.309. The number of aromatic nitrogens is 2. The summed E-state index contributed by atoms with van der Waals surface area (Å²) in [6.45, 7) is 0.850. The molecule has 2 heterocycles. The topological polar surface area (TPSA) is 211 Å². The van der Waals surface area contributed by atoms with Gasteiger partial charge in [-0.15, -0.1) is 0 Å². The zero-order valence-corrected chi connectivity index (χ0v) is 16.7. The van der Waals surface area contributed by atoms with E-state index in [-0.39, 0.29) is 23.7 Å². The van der Waals surface area contributed by atoms with Crippen molar-refractivity contribution in [3.8, 4) is 0 Å². The molecule has 1 aliphatic heterocycles. The molecule has 0 unspecified atom stereocenters. The first-order valence-electron chi connectivity index (χ1n) is 9.65. The third-order valence-electron chi connectivity index (χ3n) is 4.74. The summed E-state index contributed by atoms with van der Waals surface area (Å²) in [6, 6.07) is 4.53. The number of aromatic amines is 2. The lowest BCUT2D eigenvalue weighted by atomic mass is 10.1. The molecule has 1 aliphatic rings. The fraction of sp³-hybridized carbons (Fsp3) is 0.316. The number of hydrogen-bond donors (Lipinski definition) is 6. The highest BCUT2D eigenvalue weighted by atomic mass is 16.4. The second-order valence-corrected chi connectivity index (χ2v) is 7.09. The smallest absolute Gasteiger partial charge is 0.327 e. The van der Waals surface area contributed by atoms with Crippen molar-refractivity contribution >= 4 is 35.0 Å². The maximum absolute atomic E-state index is 12.2. The molecule has 32 heavy (non-hydrogen) atoms. The minimum atomic E-state index is -1.59. The molecule has 1 amide bonds. The Kier molecular flexibility index (Phi) is 6.77. The Hall–Kier alpha value is -4.29. The molecule has 6 N–H and O–H groups in total. The molecule has 1 aromatic heterocycles. The molecular weight excluding hydrogens is 424 g/mol. The highest BCUT2D eigenvalue weighted by Crippen LogP contribution is 2.18. The molecule has 0 saturated heterocycles. The van der Waals surface area contributed by atoms with E-state index >= 15 is 0 Å². The summed E-state index contributed by atoms with van der Waals surface area (Å²) in [5, 5.41) is 33.0. The number of H-pyrrole nitrogens is 2. The number of aliphatic carboxylic acids is 2. The summed E-state index contributed by atoms with van der Waals surface area (Å²) in [6.07, 6.45) is -0.878. The number of anilines is 3. The average molecular weight is 444 g/mol. The molecule has 170 valence electrons. The van der Waals surface area contributed by atoms with E-state index < -0.39 is 41.6 Å². The highest BCUT2D eigenvalue weighted by Gasteiger charge is 2.20.